The van der Waals surface area contributed by atoms with Crippen LogP contribution >= 0.6 is 0 Å². The van der Waals surface area contributed by atoms with E-state index in [0.29, 0.717) is 19.6 Å². The van der Waals surface area contributed by atoms with Gasteiger partial charge >= 0.3 is 0 Å². The Labute approximate surface area is 135 Å². The van der Waals surface area contributed by atoms with Crippen molar-refractivity contribution in [1.82, 2.24) is 14.8 Å². The molecule has 7 heteroatoms. The number of rotatable bonds is 2. The fraction of sp³-hybridized carbons (Fsp3) is 0.688. The Kier molecular flexibility index (Phi) is 3.91. The van der Waals surface area contributed by atoms with Crippen molar-refractivity contribution >= 4 is 11.8 Å². The molecule has 7 nitrogen and oxygen atoms in total. The second kappa shape index (κ2) is 5.63. The minimum absolute atomic E-state index is 0.00130. The van der Waals surface area contributed by atoms with Crippen LogP contribution in [0.3, 0.4) is 0 Å². The normalized spacial score (nSPS) is 26.7. The Morgan fingerprint density at radius 3 is 2.57 bits per heavy atom. The van der Waals surface area contributed by atoms with E-state index in [1.807, 2.05) is 6.92 Å². The summed E-state index contributed by atoms with van der Waals surface area (Å²) in [7, 11) is 0. The Morgan fingerprint density at radius 1 is 1.39 bits per heavy atom. The third-order valence-corrected chi connectivity index (χ3v) is 5.38. The molecule has 1 spiro atoms. The van der Waals surface area contributed by atoms with E-state index in [1.54, 1.807) is 16.7 Å². The van der Waals surface area contributed by atoms with Gasteiger partial charge in [0.25, 0.3) is 5.91 Å². The number of oxazole rings is 1. The van der Waals surface area contributed by atoms with Crippen molar-refractivity contribution in [2.75, 3.05) is 26.2 Å². The van der Waals surface area contributed by atoms with E-state index in [2.05, 4.69) is 4.98 Å². The van der Waals surface area contributed by atoms with E-state index in [9.17, 15) is 14.7 Å². The molecule has 126 valence electrons. The number of likely N-dealkylation sites (tertiary alicyclic amines) is 2. The number of carbonyl (C=O) groups is 2. The largest absolute Gasteiger partial charge is 0.438 e. The molecular formula is C16H23N3O4. The fourth-order valence-electron chi connectivity index (χ4n) is 4.11. The predicted molar refractivity (Wildman–Crippen MR) is 81.6 cm³/mol. The highest BCUT2D eigenvalue weighted by molar-refractivity contribution is 5.91. The number of piperidine rings is 1. The minimum atomic E-state index is -0.497. The van der Waals surface area contributed by atoms with E-state index in [0.717, 1.165) is 19.3 Å². The fourth-order valence-corrected chi connectivity index (χ4v) is 4.11. The third kappa shape index (κ3) is 2.73. The lowest BCUT2D eigenvalue weighted by Crippen LogP contribution is -2.46. The van der Waals surface area contributed by atoms with Gasteiger partial charge in [0.05, 0.1) is 18.3 Å². The highest BCUT2D eigenvalue weighted by atomic mass is 16.3. The number of aliphatic hydroxyl groups is 1. The monoisotopic (exact) mass is 321 g/mol. The van der Waals surface area contributed by atoms with E-state index in [-0.39, 0.29) is 29.6 Å². The molecule has 0 unspecified atom stereocenters. The van der Waals surface area contributed by atoms with Gasteiger partial charge < -0.3 is 19.3 Å². The van der Waals surface area contributed by atoms with Crippen LogP contribution < -0.4 is 0 Å². The maximum absolute atomic E-state index is 12.3. The van der Waals surface area contributed by atoms with Crippen molar-refractivity contribution in [1.29, 1.82) is 0 Å². The molecule has 1 N–H and O–H groups in total. The maximum atomic E-state index is 12.3. The Morgan fingerprint density at radius 2 is 2.09 bits per heavy atom. The molecule has 2 amide bonds. The number of aliphatic hydroxyl groups excluding tert-OH is 1. The molecule has 1 atom stereocenters. The average Bonchev–Trinajstić information content (AvgIpc) is 3.15. The number of carbonyl (C=O) groups excluding carboxylic acids is 2. The van der Waals surface area contributed by atoms with Gasteiger partial charge in [0.2, 0.25) is 11.7 Å². The van der Waals surface area contributed by atoms with Crippen molar-refractivity contribution in [2.45, 2.75) is 38.6 Å². The number of nitrogens with zero attached hydrogens (tertiary/aromatic N) is 3. The van der Waals surface area contributed by atoms with E-state index in [1.165, 1.54) is 12.6 Å². The molecule has 2 aliphatic rings. The first-order chi connectivity index (χ1) is 10.9. The minimum Gasteiger partial charge on any atom is -0.438 e. The molecule has 0 radical (unpaired) electrons. The van der Waals surface area contributed by atoms with Gasteiger partial charge in [-0.05, 0) is 31.6 Å². The molecule has 0 aromatic carbocycles. The van der Waals surface area contributed by atoms with E-state index < -0.39 is 5.54 Å². The molecule has 1 aromatic heterocycles. The van der Waals surface area contributed by atoms with Crippen LogP contribution in [0, 0.1) is 5.41 Å². The standard InChI is InChI=1S/C16H23N3O4/c1-12(21)19-9-16(8-15(19,2)10-20)3-5-18(6-4-16)14(22)13-7-17-11-23-13/h7,11,20H,3-6,8-10H2,1-2H3/t15-/m0/s1. The summed E-state index contributed by atoms with van der Waals surface area (Å²) in [5, 5.41) is 9.75. The second-order valence-electron chi connectivity index (χ2n) is 7.09. The molecule has 3 rings (SSSR count). The summed E-state index contributed by atoms with van der Waals surface area (Å²) in [6.45, 7) is 5.38. The lowest BCUT2D eigenvalue weighted by Gasteiger charge is -2.39. The number of hydrogen-bond donors (Lipinski definition) is 1. The second-order valence-corrected chi connectivity index (χ2v) is 7.09. The summed E-state index contributed by atoms with van der Waals surface area (Å²) in [5.74, 6) is 0.125. The number of aromatic nitrogens is 1. The zero-order valence-electron chi connectivity index (χ0n) is 13.6. The van der Waals surface area contributed by atoms with Crippen molar-refractivity contribution in [3.8, 4) is 0 Å². The number of hydrogen-bond acceptors (Lipinski definition) is 5. The molecule has 1 aromatic rings. The molecule has 0 saturated carbocycles. The van der Waals surface area contributed by atoms with Gasteiger partial charge in [-0.1, -0.05) is 0 Å². The maximum Gasteiger partial charge on any atom is 0.291 e. The summed E-state index contributed by atoms with van der Waals surface area (Å²) in [6.07, 6.45) is 5.12. The lowest BCUT2D eigenvalue weighted by molar-refractivity contribution is -0.134. The van der Waals surface area contributed by atoms with Crippen molar-refractivity contribution in [3.05, 3.63) is 18.4 Å². The van der Waals surface area contributed by atoms with Crippen molar-refractivity contribution in [2.24, 2.45) is 5.41 Å². The summed E-state index contributed by atoms with van der Waals surface area (Å²) in [5.41, 5.74) is -0.510. The van der Waals surface area contributed by atoms with Gasteiger partial charge in [0, 0.05) is 26.6 Å². The zero-order valence-corrected chi connectivity index (χ0v) is 13.6. The van der Waals surface area contributed by atoms with Gasteiger partial charge in [0.1, 0.15) is 0 Å². The smallest absolute Gasteiger partial charge is 0.291 e. The molecule has 0 aliphatic carbocycles. The van der Waals surface area contributed by atoms with Crippen LogP contribution in [0.1, 0.15) is 43.7 Å². The number of amides is 2. The lowest BCUT2D eigenvalue weighted by atomic mass is 9.74. The molecular weight excluding hydrogens is 298 g/mol. The van der Waals surface area contributed by atoms with Crippen molar-refractivity contribution in [3.63, 3.8) is 0 Å². The van der Waals surface area contributed by atoms with Crippen LogP contribution in [0.25, 0.3) is 0 Å². The van der Waals surface area contributed by atoms with Crippen LogP contribution in [0.2, 0.25) is 0 Å². The van der Waals surface area contributed by atoms with Gasteiger partial charge in [-0.25, -0.2) is 4.98 Å². The average molecular weight is 321 g/mol. The van der Waals surface area contributed by atoms with Crippen LogP contribution in [0.15, 0.2) is 17.0 Å². The van der Waals surface area contributed by atoms with Crippen LogP contribution in [-0.2, 0) is 4.79 Å². The zero-order chi connectivity index (χ0) is 16.7. The molecule has 23 heavy (non-hydrogen) atoms. The Bertz CT molecular complexity index is 592. The first-order valence-corrected chi connectivity index (χ1v) is 7.96. The first kappa shape index (κ1) is 16.0. The van der Waals surface area contributed by atoms with Gasteiger partial charge in [-0.2, -0.15) is 0 Å². The van der Waals surface area contributed by atoms with Gasteiger partial charge in [-0.3, -0.25) is 9.59 Å². The topological polar surface area (TPSA) is 86.9 Å². The third-order valence-electron chi connectivity index (χ3n) is 5.38. The summed E-state index contributed by atoms with van der Waals surface area (Å²) < 4.78 is 5.08. The molecule has 2 saturated heterocycles. The SMILES string of the molecule is CC(=O)N1CC2(CCN(C(=O)c3cnco3)CC2)C[C@@]1(C)CO. The van der Waals surface area contributed by atoms with Gasteiger partial charge in [0.15, 0.2) is 6.39 Å². The highest BCUT2D eigenvalue weighted by Crippen LogP contribution is 2.48. The molecule has 2 aliphatic heterocycles. The Hall–Kier alpha value is -1.89. The highest BCUT2D eigenvalue weighted by Gasteiger charge is 2.52. The Balaban J connectivity index is 1.69. The van der Waals surface area contributed by atoms with Crippen molar-refractivity contribution < 1.29 is 19.1 Å². The van der Waals surface area contributed by atoms with Crippen LogP contribution in [-0.4, -0.2) is 63.5 Å². The first-order valence-electron chi connectivity index (χ1n) is 7.96. The van der Waals surface area contributed by atoms with Gasteiger partial charge in [-0.15, -0.1) is 0 Å². The van der Waals surface area contributed by atoms with E-state index in [4.69, 9.17) is 4.42 Å². The molecule has 0 bridgehead atoms. The summed E-state index contributed by atoms with van der Waals surface area (Å²) in [4.78, 5) is 31.6. The van der Waals surface area contributed by atoms with E-state index >= 15 is 0 Å². The molecule has 2 fully saturated rings. The van der Waals surface area contributed by atoms with Crippen LogP contribution in [0.4, 0.5) is 0 Å². The quantitative estimate of drug-likeness (QED) is 0.874. The summed E-state index contributed by atoms with van der Waals surface area (Å²) in [6, 6.07) is 0. The summed E-state index contributed by atoms with van der Waals surface area (Å²) >= 11 is 0. The van der Waals surface area contributed by atoms with Crippen LogP contribution in [0.5, 0.6) is 0 Å². The molecule has 3 heterocycles. The predicted octanol–water partition coefficient (Wildman–Crippen LogP) is 0.900.